The highest BCUT2D eigenvalue weighted by molar-refractivity contribution is 7.26. The summed E-state index contributed by atoms with van der Waals surface area (Å²) < 4.78 is 12.5. The molecule has 1 atom stereocenters. The molecule has 13 rings (SSSR count). The lowest BCUT2D eigenvalue weighted by Gasteiger charge is -2.36. The van der Waals surface area contributed by atoms with E-state index in [2.05, 4.69) is 201 Å². The normalized spacial score (nSPS) is 14.2. The first-order chi connectivity index (χ1) is 30.5. The number of fused-ring (bicyclic) bond motifs is 10. The summed E-state index contributed by atoms with van der Waals surface area (Å²) in [6.07, 6.45) is 2.02. The van der Waals surface area contributed by atoms with Crippen molar-refractivity contribution < 1.29 is 4.42 Å². The lowest BCUT2D eigenvalue weighted by atomic mass is 9.71. The van der Waals surface area contributed by atoms with Crippen LogP contribution >= 0.6 is 22.7 Å². The van der Waals surface area contributed by atoms with Gasteiger partial charge in [-0.1, -0.05) is 135 Å². The highest BCUT2D eigenvalue weighted by atomic mass is 32.1. The second-order valence-corrected chi connectivity index (χ2v) is 19.8. The average Bonchev–Trinajstić information content (AvgIpc) is 3.99. The second kappa shape index (κ2) is 13.6. The minimum absolute atomic E-state index is 0.0576. The molecule has 0 aliphatic heterocycles. The first-order valence-corrected chi connectivity index (χ1v) is 23.3. The van der Waals surface area contributed by atoms with Gasteiger partial charge in [-0.05, 0) is 112 Å². The van der Waals surface area contributed by atoms with Crippen LogP contribution in [0.1, 0.15) is 54.0 Å². The maximum atomic E-state index is 7.22. The zero-order chi connectivity index (χ0) is 41.1. The largest absolute Gasteiger partial charge is 0.456 e. The molecule has 1 aliphatic rings. The van der Waals surface area contributed by atoms with E-state index in [0.29, 0.717) is 0 Å². The number of benzene rings is 9. The zero-order valence-corrected chi connectivity index (χ0v) is 36.1. The van der Waals surface area contributed by atoms with Crippen LogP contribution in [0, 0.1) is 0 Å². The zero-order valence-electron chi connectivity index (χ0n) is 34.5. The van der Waals surface area contributed by atoms with Gasteiger partial charge in [0.2, 0.25) is 0 Å². The standard InChI is InChI=1S/C58H41NOS2/c1-58(2)30-29-46-48(59(39-15-7-4-8-16-39)40-24-27-45-43-18-10-12-20-51(43)62-53(45)34-40)28-23-36-31-47-41-25-21-37(32-49(41)60-57(47)56(58)55(36)46)54(35-13-5-3-6-14-35)38-22-26-44-42-17-9-11-19-50(42)61-52(44)33-38/h3-28,31-34,54H,29-30H2,1-2H3. The van der Waals surface area contributed by atoms with E-state index in [0.717, 1.165) is 29.7 Å². The van der Waals surface area contributed by atoms with Crippen LogP contribution in [0.3, 0.4) is 0 Å². The van der Waals surface area contributed by atoms with E-state index in [1.807, 2.05) is 22.7 Å². The summed E-state index contributed by atoms with van der Waals surface area (Å²) in [5.74, 6) is 0.0576. The molecule has 12 aromatic rings. The van der Waals surface area contributed by atoms with Gasteiger partial charge in [0.25, 0.3) is 0 Å². The molecule has 0 saturated heterocycles. The Kier molecular flexibility index (Phi) is 7.92. The smallest absolute Gasteiger partial charge is 0.139 e. The lowest BCUT2D eigenvalue weighted by molar-refractivity contribution is 0.471. The van der Waals surface area contributed by atoms with Gasteiger partial charge in [-0.15, -0.1) is 22.7 Å². The molecule has 0 N–H and O–H groups in total. The SMILES string of the molecule is CC1(C)CCc2c(N(c3ccccc3)c3ccc4c(c3)sc3ccccc34)ccc3cc4c(oc5cc(C(c6ccccc6)c6ccc7c(c6)sc6ccccc67)ccc54)c1c23. The third kappa shape index (κ3) is 5.46. The molecule has 3 heterocycles. The van der Waals surface area contributed by atoms with Crippen LogP contribution in [0.25, 0.3) is 73.1 Å². The Labute approximate surface area is 367 Å². The number of hydrogen-bond donors (Lipinski definition) is 0. The van der Waals surface area contributed by atoms with Crippen molar-refractivity contribution in [3.63, 3.8) is 0 Å². The van der Waals surface area contributed by atoms with Crippen molar-refractivity contribution in [3.05, 3.63) is 210 Å². The summed E-state index contributed by atoms with van der Waals surface area (Å²) in [6, 6.07) is 67.5. The Hall–Kier alpha value is -6.72. The van der Waals surface area contributed by atoms with Crippen molar-refractivity contribution in [2.75, 3.05) is 4.90 Å². The van der Waals surface area contributed by atoms with Crippen molar-refractivity contribution in [2.45, 2.75) is 38.0 Å². The summed E-state index contributed by atoms with van der Waals surface area (Å²) in [5, 5.41) is 10.3. The van der Waals surface area contributed by atoms with E-state index in [-0.39, 0.29) is 11.3 Å². The predicted molar refractivity (Wildman–Crippen MR) is 267 cm³/mol. The number of thiophene rings is 2. The van der Waals surface area contributed by atoms with Crippen LogP contribution < -0.4 is 4.90 Å². The number of furan rings is 1. The third-order valence-corrected chi connectivity index (χ3v) is 15.9. The Morgan fingerprint density at radius 3 is 1.85 bits per heavy atom. The maximum absolute atomic E-state index is 7.22. The van der Waals surface area contributed by atoms with Gasteiger partial charge in [-0.3, -0.25) is 0 Å². The lowest BCUT2D eigenvalue weighted by Crippen LogP contribution is -2.24. The van der Waals surface area contributed by atoms with Crippen molar-refractivity contribution in [1.29, 1.82) is 0 Å². The molecule has 0 saturated carbocycles. The number of nitrogens with zero attached hydrogens (tertiary/aromatic N) is 1. The van der Waals surface area contributed by atoms with Crippen molar-refractivity contribution >= 4 is 113 Å². The highest BCUT2D eigenvalue weighted by Gasteiger charge is 2.35. The third-order valence-electron chi connectivity index (χ3n) is 13.6. The summed E-state index contributed by atoms with van der Waals surface area (Å²) in [4.78, 5) is 2.48. The number of rotatable bonds is 6. The van der Waals surface area contributed by atoms with Gasteiger partial charge in [-0.2, -0.15) is 0 Å². The van der Waals surface area contributed by atoms with Crippen LogP contribution in [0.5, 0.6) is 0 Å². The van der Waals surface area contributed by atoms with Crippen LogP contribution in [0.2, 0.25) is 0 Å². The van der Waals surface area contributed by atoms with Gasteiger partial charge >= 0.3 is 0 Å². The fraction of sp³-hybridized carbons (Fsp3) is 0.103. The molecule has 0 fully saturated rings. The molecule has 0 amide bonds. The predicted octanol–water partition coefficient (Wildman–Crippen LogP) is 17.3. The summed E-state index contributed by atoms with van der Waals surface area (Å²) in [5.41, 5.74) is 12.0. The first kappa shape index (κ1) is 36.0. The van der Waals surface area contributed by atoms with E-state index in [4.69, 9.17) is 4.42 Å². The molecular weight excluding hydrogens is 791 g/mol. The van der Waals surface area contributed by atoms with E-state index in [9.17, 15) is 0 Å². The number of para-hydroxylation sites is 1. The molecule has 1 unspecified atom stereocenters. The van der Waals surface area contributed by atoms with Crippen molar-refractivity contribution in [3.8, 4) is 0 Å². The molecule has 296 valence electrons. The van der Waals surface area contributed by atoms with Gasteiger partial charge in [0.05, 0.1) is 0 Å². The number of anilines is 3. The Bertz CT molecular complexity index is 3740. The van der Waals surface area contributed by atoms with Gasteiger partial charge in [0.15, 0.2) is 0 Å². The summed E-state index contributed by atoms with van der Waals surface area (Å²) in [6.45, 7) is 4.82. The number of hydrogen-bond acceptors (Lipinski definition) is 4. The molecule has 9 aromatic carbocycles. The average molecular weight is 832 g/mol. The Morgan fingerprint density at radius 2 is 1.11 bits per heavy atom. The van der Waals surface area contributed by atoms with Gasteiger partial charge < -0.3 is 9.32 Å². The van der Waals surface area contributed by atoms with Crippen LogP contribution in [0.15, 0.2) is 186 Å². The topological polar surface area (TPSA) is 16.4 Å². The molecule has 0 spiro atoms. The fourth-order valence-electron chi connectivity index (χ4n) is 10.7. The quantitative estimate of drug-likeness (QED) is 0.155. The molecule has 1 aliphatic carbocycles. The molecule has 0 bridgehead atoms. The van der Waals surface area contributed by atoms with E-state index in [1.54, 1.807) is 0 Å². The number of aryl methyl sites for hydroxylation is 1. The Morgan fingerprint density at radius 1 is 0.500 bits per heavy atom. The van der Waals surface area contributed by atoms with E-state index in [1.165, 1.54) is 101 Å². The van der Waals surface area contributed by atoms with Crippen LogP contribution in [-0.2, 0) is 11.8 Å². The minimum atomic E-state index is -0.0834. The van der Waals surface area contributed by atoms with E-state index >= 15 is 0 Å². The molecule has 3 aromatic heterocycles. The second-order valence-electron chi connectivity index (χ2n) is 17.7. The summed E-state index contributed by atoms with van der Waals surface area (Å²) in [7, 11) is 0. The molecule has 0 radical (unpaired) electrons. The van der Waals surface area contributed by atoms with Gasteiger partial charge in [0, 0.05) is 79.7 Å². The van der Waals surface area contributed by atoms with E-state index < -0.39 is 0 Å². The maximum Gasteiger partial charge on any atom is 0.139 e. The van der Waals surface area contributed by atoms with Crippen molar-refractivity contribution in [1.82, 2.24) is 0 Å². The molecule has 4 heteroatoms. The minimum Gasteiger partial charge on any atom is -0.456 e. The molecule has 2 nitrogen and oxygen atoms in total. The summed E-state index contributed by atoms with van der Waals surface area (Å²) >= 11 is 3.76. The molecule has 62 heavy (non-hydrogen) atoms. The molecular formula is C58H41NOS2. The van der Waals surface area contributed by atoms with Gasteiger partial charge in [-0.25, -0.2) is 0 Å². The first-order valence-electron chi connectivity index (χ1n) is 21.6. The highest BCUT2D eigenvalue weighted by Crippen LogP contribution is 2.52. The van der Waals surface area contributed by atoms with Gasteiger partial charge in [0.1, 0.15) is 11.2 Å². The monoisotopic (exact) mass is 831 g/mol. The van der Waals surface area contributed by atoms with Crippen LogP contribution in [0.4, 0.5) is 17.1 Å². The fourth-order valence-corrected chi connectivity index (χ4v) is 12.9. The van der Waals surface area contributed by atoms with Crippen LogP contribution in [-0.4, -0.2) is 0 Å². The Balaban J connectivity index is 0.997. The van der Waals surface area contributed by atoms with Crippen molar-refractivity contribution in [2.24, 2.45) is 0 Å².